The first-order valence-electron chi connectivity index (χ1n) is 22.2. The Labute approximate surface area is 362 Å². The molecule has 0 spiro atoms. The molecule has 3 aliphatic heterocycles. The number of aromatic nitrogens is 2. The molecular formula is C48H60N6O8. The molecule has 1 aromatic heterocycles. The van der Waals surface area contributed by atoms with Crippen LogP contribution in [0.15, 0.2) is 65.5 Å². The van der Waals surface area contributed by atoms with Crippen LogP contribution >= 0.6 is 0 Å². The van der Waals surface area contributed by atoms with E-state index in [-0.39, 0.29) is 54.6 Å². The van der Waals surface area contributed by atoms with Gasteiger partial charge in [-0.15, -0.1) is 0 Å². The highest BCUT2D eigenvalue weighted by atomic mass is 16.5. The molecule has 3 aliphatic rings. The summed E-state index contributed by atoms with van der Waals surface area (Å²) < 4.78 is 15.3. The fourth-order valence-corrected chi connectivity index (χ4v) is 9.29. The predicted octanol–water partition coefficient (Wildman–Crippen LogP) is 4.66. The number of imidazole rings is 1. The molecule has 4 amide bonds. The molecule has 0 aliphatic carbocycles. The highest BCUT2D eigenvalue weighted by Gasteiger charge is 2.43. The highest BCUT2D eigenvalue weighted by molar-refractivity contribution is 6.07. The number of amides is 4. The highest BCUT2D eigenvalue weighted by Crippen LogP contribution is 2.40. The van der Waals surface area contributed by atoms with Crippen LogP contribution in [-0.4, -0.2) is 69.9 Å². The summed E-state index contributed by atoms with van der Waals surface area (Å²) in [5, 5.41) is 2.35. The summed E-state index contributed by atoms with van der Waals surface area (Å²) in [6.07, 6.45) is 8.30. The lowest BCUT2D eigenvalue weighted by molar-refractivity contribution is -0.135. The number of carbonyl (C=O) groups is 5. The minimum absolute atomic E-state index is 0.0566. The molecule has 5 N–H and O–H groups in total. The van der Waals surface area contributed by atoms with E-state index in [1.54, 1.807) is 16.5 Å². The number of ether oxygens (including phenoxy) is 2. The van der Waals surface area contributed by atoms with Gasteiger partial charge in [0.25, 0.3) is 0 Å². The number of Topliss-reactive ketones (excluding diaryl/α,β-unsaturated/α-hetero) is 1. The van der Waals surface area contributed by atoms with E-state index in [1.165, 1.54) is 10.1 Å². The molecule has 14 heteroatoms. The fourth-order valence-electron chi connectivity index (χ4n) is 9.29. The monoisotopic (exact) mass is 848 g/mol. The van der Waals surface area contributed by atoms with Crippen LogP contribution in [0.5, 0.6) is 0 Å². The van der Waals surface area contributed by atoms with Crippen molar-refractivity contribution in [2.75, 3.05) is 18.1 Å². The Hall–Kier alpha value is -5.44. The number of nitrogens with zero attached hydrogens (tertiary/aromatic N) is 3. The lowest BCUT2D eigenvalue weighted by atomic mass is 9.89. The number of rotatable bonds is 21. The number of imide groups is 1. The molecule has 330 valence electrons. The number of nitrogens with one attached hydrogen (secondary N) is 1. The van der Waals surface area contributed by atoms with Gasteiger partial charge < -0.3 is 20.9 Å². The summed E-state index contributed by atoms with van der Waals surface area (Å²) in [5.74, 6) is -1.69. The molecule has 5 atom stereocenters. The van der Waals surface area contributed by atoms with Gasteiger partial charge in [-0.05, 0) is 111 Å². The second-order valence-corrected chi connectivity index (χ2v) is 17.3. The Morgan fingerprint density at radius 1 is 0.855 bits per heavy atom. The third-order valence-corrected chi connectivity index (χ3v) is 12.9. The molecule has 1 saturated heterocycles. The number of fused-ring (bicyclic) bond motifs is 1. The Morgan fingerprint density at radius 2 is 1.58 bits per heavy atom. The first kappa shape index (κ1) is 44.6. The van der Waals surface area contributed by atoms with E-state index in [4.69, 9.17) is 20.9 Å². The molecule has 7 rings (SSSR count). The van der Waals surface area contributed by atoms with Crippen molar-refractivity contribution in [3.63, 3.8) is 0 Å². The van der Waals surface area contributed by atoms with Gasteiger partial charge in [0.05, 0.1) is 41.5 Å². The Bertz CT molecular complexity index is 2350. The van der Waals surface area contributed by atoms with Crippen LogP contribution in [0.2, 0.25) is 0 Å². The number of nitrogens with two attached hydrogens (primary N) is 2. The molecule has 0 bridgehead atoms. The topological polar surface area (TPSA) is 198 Å². The molecule has 0 radical (unpaired) electrons. The van der Waals surface area contributed by atoms with Gasteiger partial charge in [-0.1, -0.05) is 55.0 Å². The zero-order valence-electron chi connectivity index (χ0n) is 35.9. The molecule has 0 saturated carbocycles. The SMILES string of the molecule is C[C@@H](OCc1ccc(CCCCCOCCCc2ccc3c(c2)n(C)c(=O)n3C2CCC(=O)NC2=O)cc1)[C@H](CCC(N)=O)CC(=O)[C@@H]1Cc2cccc3c2N1C(=O)[C@@H](N)CC3. The summed E-state index contributed by atoms with van der Waals surface area (Å²) in [5.41, 5.74) is 19.2. The maximum Gasteiger partial charge on any atom is 0.329 e. The van der Waals surface area contributed by atoms with Crippen molar-refractivity contribution in [2.45, 2.75) is 128 Å². The zero-order chi connectivity index (χ0) is 43.9. The van der Waals surface area contributed by atoms with Gasteiger partial charge in [0.1, 0.15) is 6.04 Å². The van der Waals surface area contributed by atoms with Crippen LogP contribution < -0.4 is 27.4 Å². The molecule has 1 fully saturated rings. The largest absolute Gasteiger partial charge is 0.381 e. The smallest absolute Gasteiger partial charge is 0.329 e. The summed E-state index contributed by atoms with van der Waals surface area (Å²) in [4.78, 5) is 77.9. The predicted molar refractivity (Wildman–Crippen MR) is 235 cm³/mol. The van der Waals surface area contributed by atoms with Gasteiger partial charge >= 0.3 is 5.69 Å². The molecule has 4 aromatic rings. The molecule has 14 nitrogen and oxygen atoms in total. The van der Waals surface area contributed by atoms with Gasteiger partial charge in [-0.25, -0.2) is 4.79 Å². The first-order chi connectivity index (χ1) is 29.9. The van der Waals surface area contributed by atoms with E-state index >= 15 is 0 Å². The molecular weight excluding hydrogens is 789 g/mol. The molecule has 62 heavy (non-hydrogen) atoms. The van der Waals surface area contributed by atoms with E-state index in [0.29, 0.717) is 57.4 Å². The maximum absolute atomic E-state index is 14.0. The minimum Gasteiger partial charge on any atom is -0.381 e. The van der Waals surface area contributed by atoms with Crippen LogP contribution in [-0.2, 0) is 72.8 Å². The van der Waals surface area contributed by atoms with E-state index < -0.39 is 29.9 Å². The van der Waals surface area contributed by atoms with Crippen LogP contribution in [0, 0.1) is 5.92 Å². The number of aryl methyl sites for hydroxylation is 4. The number of carbonyl (C=O) groups excluding carboxylic acids is 5. The van der Waals surface area contributed by atoms with Crippen molar-refractivity contribution in [1.82, 2.24) is 14.5 Å². The van der Waals surface area contributed by atoms with Gasteiger partial charge in [-0.3, -0.25) is 43.3 Å². The normalized spacial score (nSPS) is 19.6. The van der Waals surface area contributed by atoms with E-state index in [9.17, 15) is 28.8 Å². The minimum atomic E-state index is -0.695. The van der Waals surface area contributed by atoms with Gasteiger partial charge in [0.2, 0.25) is 23.6 Å². The van der Waals surface area contributed by atoms with Crippen LogP contribution in [0.4, 0.5) is 5.69 Å². The Balaban J connectivity index is 0.806. The number of anilines is 1. The van der Waals surface area contributed by atoms with Crippen molar-refractivity contribution < 1.29 is 33.4 Å². The van der Waals surface area contributed by atoms with Gasteiger partial charge in [0, 0.05) is 45.9 Å². The average molecular weight is 849 g/mol. The third-order valence-electron chi connectivity index (χ3n) is 12.9. The van der Waals surface area contributed by atoms with Crippen molar-refractivity contribution >= 4 is 46.1 Å². The van der Waals surface area contributed by atoms with Crippen molar-refractivity contribution in [3.05, 3.63) is 99.0 Å². The van der Waals surface area contributed by atoms with Crippen LogP contribution in [0.1, 0.15) is 105 Å². The second-order valence-electron chi connectivity index (χ2n) is 17.3. The third kappa shape index (κ3) is 10.3. The first-order valence-corrected chi connectivity index (χ1v) is 22.2. The van der Waals surface area contributed by atoms with Crippen molar-refractivity contribution in [1.29, 1.82) is 0 Å². The summed E-state index contributed by atoms with van der Waals surface area (Å²) in [6, 6.07) is 18.3. The Kier molecular flexibility index (Phi) is 14.5. The van der Waals surface area contributed by atoms with Crippen LogP contribution in [0.25, 0.3) is 11.0 Å². The summed E-state index contributed by atoms with van der Waals surface area (Å²) >= 11 is 0. The maximum atomic E-state index is 14.0. The lowest BCUT2D eigenvalue weighted by Crippen LogP contribution is -2.50. The summed E-state index contributed by atoms with van der Waals surface area (Å²) in [6.45, 7) is 3.64. The number of piperidine rings is 1. The second kappa shape index (κ2) is 20.2. The van der Waals surface area contributed by atoms with Gasteiger partial charge in [0.15, 0.2) is 5.78 Å². The van der Waals surface area contributed by atoms with E-state index in [2.05, 4.69) is 29.6 Å². The fraction of sp³-hybridized carbons (Fsp3) is 0.500. The van der Waals surface area contributed by atoms with Crippen molar-refractivity contribution in [3.8, 4) is 0 Å². The number of hydrogen-bond donors (Lipinski definition) is 3. The standard InChI is InChI=1S/C48H60N6O8/c1-30(35(18-22-43(50)56)28-42(55)41-27-36-11-6-10-34-17-19-37(49)47(59)54(41)45(34)36)62-29-33-14-12-31(13-15-33)8-4-3-5-24-61-25-7-9-32-16-20-38-40(26-32)52(2)48(60)53(38)39-21-23-44(57)51-46(39)58/h6,10-16,20,26,30,35,37,39,41H,3-5,7-9,17-19,21-25,27-29,49H2,1-2H3,(H2,50,56)(H,51,57,58)/t30-,35-,37+,39?,41+/m1/s1. The van der Waals surface area contributed by atoms with Crippen LogP contribution in [0.3, 0.4) is 0 Å². The molecule has 3 aromatic carbocycles. The lowest BCUT2D eigenvalue weighted by Gasteiger charge is -2.29. The number of unbranched alkanes of at least 4 members (excludes halogenated alkanes) is 2. The Morgan fingerprint density at radius 3 is 2.35 bits per heavy atom. The number of hydrogen-bond acceptors (Lipinski definition) is 9. The number of primary amides is 1. The number of benzene rings is 3. The summed E-state index contributed by atoms with van der Waals surface area (Å²) in [7, 11) is 1.70. The van der Waals surface area contributed by atoms with E-state index in [1.807, 2.05) is 43.3 Å². The number of ketones is 1. The van der Waals surface area contributed by atoms with Crippen molar-refractivity contribution in [2.24, 2.45) is 24.4 Å². The zero-order valence-corrected chi connectivity index (χ0v) is 35.9. The average Bonchev–Trinajstić information content (AvgIpc) is 3.73. The number of para-hydroxylation sites is 1. The van der Waals surface area contributed by atoms with Gasteiger partial charge in [-0.2, -0.15) is 0 Å². The van der Waals surface area contributed by atoms with E-state index in [0.717, 1.165) is 72.0 Å². The quantitative estimate of drug-likeness (QED) is 0.0789. The molecule has 4 heterocycles. The molecule has 1 unspecified atom stereocenters.